The summed E-state index contributed by atoms with van der Waals surface area (Å²) in [6, 6.07) is 5.33. The number of anilines is 1. The lowest BCUT2D eigenvalue weighted by Crippen LogP contribution is -2.08. The standard InChI is InChI=1S/C13H18BrNO3/c1-18-9-4-2-3-8-15-11-7-5-6-10(14)12(11)13(16)17/h5-7,15H,2-4,8-9H2,1H3,(H,16,17). The summed E-state index contributed by atoms with van der Waals surface area (Å²) in [5, 5.41) is 12.3. The zero-order chi connectivity index (χ0) is 13.4. The highest BCUT2D eigenvalue weighted by atomic mass is 79.9. The molecule has 0 bridgehead atoms. The van der Waals surface area contributed by atoms with Crippen LogP contribution in [0.1, 0.15) is 29.6 Å². The Hall–Kier alpha value is -1.07. The Morgan fingerprint density at radius 1 is 1.39 bits per heavy atom. The number of ether oxygens (including phenoxy) is 1. The fraction of sp³-hybridized carbons (Fsp3) is 0.462. The van der Waals surface area contributed by atoms with Crippen molar-refractivity contribution in [1.29, 1.82) is 0 Å². The van der Waals surface area contributed by atoms with Crippen LogP contribution in [0, 0.1) is 0 Å². The number of rotatable bonds is 8. The molecule has 0 spiro atoms. The first-order chi connectivity index (χ1) is 8.66. The summed E-state index contributed by atoms with van der Waals surface area (Å²) in [4.78, 5) is 11.1. The van der Waals surface area contributed by atoms with Gasteiger partial charge in [-0.15, -0.1) is 0 Å². The van der Waals surface area contributed by atoms with Gasteiger partial charge in [0.05, 0.1) is 5.56 Å². The van der Waals surface area contributed by atoms with Crippen LogP contribution in [-0.4, -0.2) is 31.3 Å². The van der Waals surface area contributed by atoms with E-state index in [1.165, 1.54) is 0 Å². The van der Waals surface area contributed by atoms with Gasteiger partial charge in [-0.25, -0.2) is 4.79 Å². The first kappa shape index (κ1) is 15.0. The Balaban J connectivity index is 2.47. The minimum absolute atomic E-state index is 0.286. The van der Waals surface area contributed by atoms with Gasteiger partial charge in [0, 0.05) is 30.4 Å². The van der Waals surface area contributed by atoms with E-state index >= 15 is 0 Å². The van der Waals surface area contributed by atoms with Crippen LogP contribution >= 0.6 is 15.9 Å². The molecule has 18 heavy (non-hydrogen) atoms. The van der Waals surface area contributed by atoms with Gasteiger partial charge in [-0.2, -0.15) is 0 Å². The fourth-order valence-electron chi connectivity index (χ4n) is 1.66. The minimum atomic E-state index is -0.927. The van der Waals surface area contributed by atoms with Crippen LogP contribution in [0.3, 0.4) is 0 Å². The van der Waals surface area contributed by atoms with Crippen LogP contribution in [0.25, 0.3) is 0 Å². The van der Waals surface area contributed by atoms with Gasteiger partial charge < -0.3 is 15.2 Å². The van der Waals surface area contributed by atoms with Crippen LogP contribution in [-0.2, 0) is 4.74 Å². The molecule has 0 fully saturated rings. The Morgan fingerprint density at radius 3 is 2.83 bits per heavy atom. The predicted molar refractivity (Wildman–Crippen MR) is 75.3 cm³/mol. The van der Waals surface area contributed by atoms with Gasteiger partial charge in [0.25, 0.3) is 0 Å². The number of carboxylic acids is 1. The number of benzene rings is 1. The first-order valence-electron chi connectivity index (χ1n) is 5.91. The molecule has 0 saturated heterocycles. The van der Waals surface area contributed by atoms with Gasteiger partial charge in [-0.3, -0.25) is 0 Å². The van der Waals surface area contributed by atoms with Gasteiger partial charge >= 0.3 is 5.97 Å². The highest BCUT2D eigenvalue weighted by Crippen LogP contribution is 2.24. The molecule has 2 N–H and O–H groups in total. The van der Waals surface area contributed by atoms with E-state index < -0.39 is 5.97 Å². The molecule has 0 aliphatic rings. The van der Waals surface area contributed by atoms with Gasteiger partial charge in [0.1, 0.15) is 0 Å². The third-order valence-electron chi connectivity index (χ3n) is 2.57. The van der Waals surface area contributed by atoms with Crippen molar-refractivity contribution >= 4 is 27.6 Å². The molecule has 5 heteroatoms. The van der Waals surface area contributed by atoms with E-state index in [1.807, 2.05) is 6.07 Å². The van der Waals surface area contributed by atoms with E-state index in [0.717, 1.165) is 32.4 Å². The molecule has 100 valence electrons. The molecule has 0 aromatic heterocycles. The molecule has 1 aromatic carbocycles. The Kier molecular flexibility index (Phi) is 6.75. The van der Waals surface area contributed by atoms with E-state index in [-0.39, 0.29) is 5.56 Å². The lowest BCUT2D eigenvalue weighted by molar-refractivity contribution is 0.0697. The van der Waals surface area contributed by atoms with Crippen LogP contribution in [0.2, 0.25) is 0 Å². The lowest BCUT2D eigenvalue weighted by atomic mass is 10.1. The third-order valence-corrected chi connectivity index (χ3v) is 3.23. The molecule has 0 heterocycles. The minimum Gasteiger partial charge on any atom is -0.478 e. The smallest absolute Gasteiger partial charge is 0.338 e. The van der Waals surface area contributed by atoms with Crippen molar-refractivity contribution < 1.29 is 14.6 Å². The highest BCUT2D eigenvalue weighted by molar-refractivity contribution is 9.10. The Morgan fingerprint density at radius 2 is 2.17 bits per heavy atom. The largest absolute Gasteiger partial charge is 0.478 e. The highest BCUT2D eigenvalue weighted by Gasteiger charge is 2.13. The summed E-state index contributed by atoms with van der Waals surface area (Å²) in [6.07, 6.45) is 3.09. The average Bonchev–Trinajstić information content (AvgIpc) is 2.33. The Bertz CT molecular complexity index is 396. The Labute approximate surface area is 115 Å². The van der Waals surface area contributed by atoms with Crippen LogP contribution < -0.4 is 5.32 Å². The topological polar surface area (TPSA) is 58.6 Å². The number of nitrogens with one attached hydrogen (secondary N) is 1. The molecular formula is C13H18BrNO3. The van der Waals surface area contributed by atoms with Crippen LogP contribution in [0.15, 0.2) is 22.7 Å². The maximum Gasteiger partial charge on any atom is 0.338 e. The number of unbranched alkanes of at least 4 members (excludes halogenated alkanes) is 2. The maximum absolute atomic E-state index is 11.1. The summed E-state index contributed by atoms with van der Waals surface area (Å²) >= 11 is 3.25. The van der Waals surface area contributed by atoms with Crippen LogP contribution in [0.4, 0.5) is 5.69 Å². The SMILES string of the molecule is COCCCCCNc1cccc(Br)c1C(=O)O. The maximum atomic E-state index is 11.1. The number of aromatic carboxylic acids is 1. The van der Waals surface area contributed by atoms with Crippen molar-refractivity contribution in [1.82, 2.24) is 0 Å². The summed E-state index contributed by atoms with van der Waals surface area (Å²) in [5.74, 6) is -0.927. The van der Waals surface area contributed by atoms with Crippen molar-refractivity contribution in [3.8, 4) is 0 Å². The molecule has 1 aromatic rings. The average molecular weight is 316 g/mol. The number of halogens is 1. The fourth-order valence-corrected chi connectivity index (χ4v) is 2.20. The van der Waals surface area contributed by atoms with E-state index in [9.17, 15) is 4.79 Å². The molecule has 0 aliphatic carbocycles. The second-order valence-corrected chi connectivity index (χ2v) is 4.80. The second-order valence-electron chi connectivity index (χ2n) is 3.95. The monoisotopic (exact) mass is 315 g/mol. The lowest BCUT2D eigenvalue weighted by Gasteiger charge is -2.10. The molecule has 0 aliphatic heterocycles. The van der Waals surface area contributed by atoms with Crippen molar-refractivity contribution in [2.45, 2.75) is 19.3 Å². The predicted octanol–water partition coefficient (Wildman–Crippen LogP) is 3.38. The molecule has 0 saturated carbocycles. The summed E-state index contributed by atoms with van der Waals surface area (Å²) in [6.45, 7) is 1.54. The van der Waals surface area contributed by atoms with Gasteiger partial charge in [0.15, 0.2) is 0 Å². The van der Waals surface area contributed by atoms with Gasteiger partial charge in [-0.05, 0) is 47.3 Å². The van der Waals surface area contributed by atoms with Crippen molar-refractivity contribution in [2.24, 2.45) is 0 Å². The zero-order valence-electron chi connectivity index (χ0n) is 10.4. The number of carbonyl (C=O) groups is 1. The van der Waals surface area contributed by atoms with E-state index in [4.69, 9.17) is 9.84 Å². The number of methoxy groups -OCH3 is 1. The molecule has 1 rings (SSSR count). The van der Waals surface area contributed by atoms with Crippen molar-refractivity contribution in [2.75, 3.05) is 25.6 Å². The first-order valence-corrected chi connectivity index (χ1v) is 6.70. The van der Waals surface area contributed by atoms with Gasteiger partial charge in [0.2, 0.25) is 0 Å². The quantitative estimate of drug-likeness (QED) is 0.722. The van der Waals surface area contributed by atoms with E-state index in [0.29, 0.717) is 10.2 Å². The summed E-state index contributed by atoms with van der Waals surface area (Å²) in [5.41, 5.74) is 0.943. The van der Waals surface area contributed by atoms with E-state index in [1.54, 1.807) is 19.2 Å². The molecular weight excluding hydrogens is 298 g/mol. The third kappa shape index (κ3) is 4.66. The van der Waals surface area contributed by atoms with Crippen molar-refractivity contribution in [3.63, 3.8) is 0 Å². The van der Waals surface area contributed by atoms with Crippen LogP contribution in [0.5, 0.6) is 0 Å². The molecule has 0 unspecified atom stereocenters. The number of carboxylic acid groups (broad SMARTS) is 1. The number of hydrogen-bond acceptors (Lipinski definition) is 3. The number of hydrogen-bond donors (Lipinski definition) is 2. The molecule has 4 nitrogen and oxygen atoms in total. The van der Waals surface area contributed by atoms with E-state index in [2.05, 4.69) is 21.2 Å². The zero-order valence-corrected chi connectivity index (χ0v) is 12.0. The molecule has 0 radical (unpaired) electrons. The molecule has 0 amide bonds. The normalized spacial score (nSPS) is 10.3. The van der Waals surface area contributed by atoms with Crippen molar-refractivity contribution in [3.05, 3.63) is 28.2 Å². The molecule has 0 atom stereocenters. The van der Waals surface area contributed by atoms with Gasteiger partial charge in [-0.1, -0.05) is 6.07 Å². The summed E-state index contributed by atoms with van der Waals surface area (Å²) in [7, 11) is 1.69. The summed E-state index contributed by atoms with van der Waals surface area (Å²) < 4.78 is 5.57. The second kappa shape index (κ2) is 8.11.